The minimum Gasteiger partial charge on any atom is -0.305 e. The summed E-state index contributed by atoms with van der Waals surface area (Å²) < 4.78 is 13.2. The Morgan fingerprint density at radius 1 is 0.697 bits per heavy atom. The van der Waals surface area contributed by atoms with E-state index in [1.807, 2.05) is 79.9 Å². The van der Waals surface area contributed by atoms with Gasteiger partial charge in [0.2, 0.25) is 0 Å². The Morgan fingerprint density at radius 2 is 1.45 bits per heavy atom. The van der Waals surface area contributed by atoms with Crippen LogP contribution in [-0.4, -0.2) is 9.97 Å². The van der Waals surface area contributed by atoms with Gasteiger partial charge in [0.1, 0.15) is 0 Å². The van der Waals surface area contributed by atoms with Gasteiger partial charge in [-0.2, -0.15) is 0 Å². The maximum absolute atomic E-state index is 13.2. The van der Waals surface area contributed by atoms with Crippen LogP contribution in [0.5, 0.6) is 0 Å². The average Bonchev–Trinajstić information content (AvgIpc) is 2.86. The van der Waals surface area contributed by atoms with Gasteiger partial charge in [0, 0.05) is 43.9 Å². The normalized spacial score (nSPS) is 9.88. The molecule has 0 aliphatic carbocycles. The number of rotatable bonds is 3. The smallest absolute Gasteiger partial charge is 0.0418 e. The molecule has 0 saturated heterocycles. The average molecular weight is 609 g/mol. The van der Waals surface area contributed by atoms with Crippen LogP contribution in [0.2, 0.25) is 0 Å². The third kappa shape index (κ3) is 6.52. The quantitative estimate of drug-likeness (QED) is 0.202. The zero-order chi connectivity index (χ0) is 22.2. The summed E-state index contributed by atoms with van der Waals surface area (Å²) >= 11 is 0. The van der Waals surface area contributed by atoms with Crippen molar-refractivity contribution in [3.05, 3.63) is 133 Å². The van der Waals surface area contributed by atoms with Crippen LogP contribution in [0.15, 0.2) is 109 Å². The maximum Gasteiger partial charge on any atom is 0.0418 e. The molecule has 3 aromatic carbocycles. The summed E-state index contributed by atoms with van der Waals surface area (Å²) in [5.41, 5.74) is 6.75. The van der Waals surface area contributed by atoms with E-state index in [0.717, 1.165) is 33.6 Å². The van der Waals surface area contributed by atoms with E-state index in [2.05, 4.69) is 34.2 Å². The number of nitrogens with zero attached hydrogens (tertiary/aromatic N) is 2. The van der Waals surface area contributed by atoms with Gasteiger partial charge in [-0.1, -0.05) is 48.5 Å². The van der Waals surface area contributed by atoms with Crippen LogP contribution in [0, 0.1) is 24.9 Å². The fraction of sp³-hybridized carbons (Fsp3) is 0.0345. The molecule has 0 bridgehead atoms. The van der Waals surface area contributed by atoms with E-state index in [9.17, 15) is 4.39 Å². The fourth-order valence-corrected chi connectivity index (χ4v) is 3.28. The first kappa shape index (κ1) is 24.2. The van der Waals surface area contributed by atoms with Gasteiger partial charge in [-0.25, -0.2) is 4.39 Å². The van der Waals surface area contributed by atoms with E-state index >= 15 is 0 Å². The Labute approximate surface area is 207 Å². The van der Waals surface area contributed by atoms with Crippen molar-refractivity contribution in [3.8, 4) is 33.6 Å². The third-order valence-corrected chi connectivity index (χ3v) is 4.89. The predicted octanol–water partition coefficient (Wildman–Crippen LogP) is 7.21. The molecule has 0 saturated carbocycles. The summed E-state index contributed by atoms with van der Waals surface area (Å²) in [6.07, 6.45) is 3.62. The van der Waals surface area contributed by atoms with Crippen LogP contribution < -0.4 is 0 Å². The number of halogens is 1. The topological polar surface area (TPSA) is 25.8 Å². The molecule has 0 amide bonds. The molecule has 1 radical (unpaired) electrons. The van der Waals surface area contributed by atoms with E-state index < -0.39 is 0 Å². The molecule has 2 nitrogen and oxygen atoms in total. The second kappa shape index (κ2) is 12.0. The number of hydrogen-bond donors (Lipinski definition) is 0. The minimum atomic E-state index is -0.273. The minimum absolute atomic E-state index is 0. The van der Waals surface area contributed by atoms with Crippen LogP contribution in [0.25, 0.3) is 33.6 Å². The number of aryl methyl sites for hydroxylation is 1. The van der Waals surface area contributed by atoms with Gasteiger partial charge < -0.3 is 9.97 Å². The molecule has 2 heterocycles. The van der Waals surface area contributed by atoms with Gasteiger partial charge in [-0.05, 0) is 35.5 Å². The summed E-state index contributed by atoms with van der Waals surface area (Å²) in [7, 11) is 0. The van der Waals surface area contributed by atoms with Gasteiger partial charge in [-0.3, -0.25) is 0 Å². The standard InChI is InChI=1S/C18H13FN.C11H8N.Ir/c1-13-10-18(15-8-5-9-16(19)11-15)20-12-17(13)14-6-3-2-4-7-14;1-2-6-10(7-3-1)11-8-4-5-9-12-11;/h2-7,9-12H,1H3;1-6,8-9H;/q2*-1;. The molecule has 0 spiro atoms. The van der Waals surface area contributed by atoms with Crippen molar-refractivity contribution < 1.29 is 24.5 Å². The molecular weight excluding hydrogens is 588 g/mol. The summed E-state index contributed by atoms with van der Waals surface area (Å²) in [4.78, 5) is 8.65. The Balaban J connectivity index is 0.000000202. The molecule has 0 aliphatic heterocycles. The molecule has 5 aromatic rings. The zero-order valence-electron chi connectivity index (χ0n) is 18.0. The number of benzene rings is 3. The van der Waals surface area contributed by atoms with Crippen molar-refractivity contribution in [1.29, 1.82) is 0 Å². The van der Waals surface area contributed by atoms with Crippen molar-refractivity contribution in [2.24, 2.45) is 0 Å². The second-order valence-corrected chi connectivity index (χ2v) is 7.16. The van der Waals surface area contributed by atoms with E-state index in [-0.39, 0.29) is 25.9 Å². The van der Waals surface area contributed by atoms with Gasteiger partial charge in [0.05, 0.1) is 0 Å². The van der Waals surface area contributed by atoms with Crippen LogP contribution in [0.4, 0.5) is 4.39 Å². The zero-order valence-corrected chi connectivity index (χ0v) is 20.4. The molecule has 0 aliphatic rings. The largest absolute Gasteiger partial charge is 0.305 e. The summed E-state index contributed by atoms with van der Waals surface area (Å²) in [5, 5.41) is 0. The first-order valence-corrected chi connectivity index (χ1v) is 10.3. The van der Waals surface area contributed by atoms with E-state index in [1.54, 1.807) is 12.3 Å². The van der Waals surface area contributed by atoms with Gasteiger partial charge in [-0.15, -0.1) is 65.7 Å². The fourth-order valence-electron chi connectivity index (χ4n) is 3.28. The summed E-state index contributed by atoms with van der Waals surface area (Å²) in [6.45, 7) is 2.03. The molecule has 4 heteroatoms. The Morgan fingerprint density at radius 3 is 2.12 bits per heavy atom. The molecule has 2 aromatic heterocycles. The third-order valence-electron chi connectivity index (χ3n) is 4.89. The van der Waals surface area contributed by atoms with Gasteiger partial charge in [0.15, 0.2) is 0 Å². The predicted molar refractivity (Wildman–Crippen MR) is 127 cm³/mol. The van der Waals surface area contributed by atoms with Crippen LogP contribution >= 0.6 is 0 Å². The van der Waals surface area contributed by atoms with E-state index in [4.69, 9.17) is 0 Å². The molecule has 5 rings (SSSR count). The Kier molecular flexibility index (Phi) is 8.77. The van der Waals surface area contributed by atoms with Crippen molar-refractivity contribution >= 4 is 0 Å². The van der Waals surface area contributed by atoms with Crippen LogP contribution in [0.1, 0.15) is 5.56 Å². The van der Waals surface area contributed by atoms with Crippen molar-refractivity contribution in [2.75, 3.05) is 0 Å². The number of hydrogen-bond acceptors (Lipinski definition) is 2. The number of pyridine rings is 2. The molecule has 165 valence electrons. The molecule has 0 atom stereocenters. The molecule has 0 unspecified atom stereocenters. The van der Waals surface area contributed by atoms with Gasteiger partial charge >= 0.3 is 0 Å². The molecule has 0 N–H and O–H groups in total. The van der Waals surface area contributed by atoms with E-state index in [0.29, 0.717) is 5.56 Å². The van der Waals surface area contributed by atoms with Crippen molar-refractivity contribution in [2.45, 2.75) is 6.92 Å². The Bertz CT molecular complexity index is 1240. The summed E-state index contributed by atoms with van der Waals surface area (Å²) in [6, 6.07) is 36.3. The molecule has 33 heavy (non-hydrogen) atoms. The molecular formula is C29H21FIrN2-2. The summed E-state index contributed by atoms with van der Waals surface area (Å²) in [5.74, 6) is -0.273. The first-order valence-electron chi connectivity index (χ1n) is 10.3. The SMILES string of the molecule is Cc1cc(-c2[c-]ccc(F)c2)ncc1-c1ccccc1.[Ir].[c-]1ccccc1-c1ccccn1. The second-order valence-electron chi connectivity index (χ2n) is 7.16. The van der Waals surface area contributed by atoms with Crippen molar-refractivity contribution in [3.63, 3.8) is 0 Å². The monoisotopic (exact) mass is 609 g/mol. The first-order chi connectivity index (χ1) is 15.7. The van der Waals surface area contributed by atoms with E-state index in [1.165, 1.54) is 12.1 Å². The van der Waals surface area contributed by atoms with Crippen LogP contribution in [-0.2, 0) is 20.1 Å². The molecule has 0 fully saturated rings. The maximum atomic E-state index is 13.2. The van der Waals surface area contributed by atoms with Crippen LogP contribution in [0.3, 0.4) is 0 Å². The van der Waals surface area contributed by atoms with Gasteiger partial charge in [0.25, 0.3) is 0 Å². The Hall–Kier alpha value is -3.46. The number of aromatic nitrogens is 2. The van der Waals surface area contributed by atoms with Crippen molar-refractivity contribution in [1.82, 2.24) is 9.97 Å².